The van der Waals surface area contributed by atoms with Crippen molar-refractivity contribution >= 4 is 22.0 Å². The highest BCUT2D eigenvalue weighted by Crippen LogP contribution is 2.15. The molecule has 102 valence electrons. The summed E-state index contributed by atoms with van der Waals surface area (Å²) in [4.78, 5) is 17.0. The summed E-state index contributed by atoms with van der Waals surface area (Å²) in [7, 11) is 0. The summed E-state index contributed by atoms with van der Waals surface area (Å²) in [5.74, 6) is -0.322. The van der Waals surface area contributed by atoms with Gasteiger partial charge in [0.1, 0.15) is 5.82 Å². The van der Waals surface area contributed by atoms with E-state index in [0.29, 0.717) is 22.9 Å². The molecule has 2 heterocycles. The lowest BCUT2D eigenvalue weighted by atomic mass is 10.3. The number of fused-ring (bicyclic) bond motifs is 1. The van der Waals surface area contributed by atoms with Crippen LogP contribution in [0.15, 0.2) is 40.5 Å². The number of hydrogen-bond acceptors (Lipinski definition) is 4. The van der Waals surface area contributed by atoms with E-state index >= 15 is 0 Å². The molecule has 3 rings (SSSR count). The van der Waals surface area contributed by atoms with Crippen molar-refractivity contribution in [1.82, 2.24) is 9.38 Å². The maximum atomic E-state index is 13.5. The quantitative estimate of drug-likeness (QED) is 0.806. The molecule has 2 aromatic heterocycles. The standard InChI is InChI=1S/C14H12FN3OS/c1-9-8-20-14-17-10(6-13(19)18(9)14)7-16-12-5-3-2-4-11(12)15/h2-6,8,16H,7H2,1H3. The smallest absolute Gasteiger partial charge is 0.259 e. The fourth-order valence-corrected chi connectivity index (χ4v) is 2.87. The Labute approximate surface area is 118 Å². The fraction of sp³-hybridized carbons (Fsp3) is 0.143. The normalized spacial score (nSPS) is 10.9. The minimum absolute atomic E-state index is 0.112. The van der Waals surface area contributed by atoms with Gasteiger partial charge in [-0.2, -0.15) is 0 Å². The summed E-state index contributed by atoms with van der Waals surface area (Å²) in [5.41, 5.74) is 1.76. The van der Waals surface area contributed by atoms with E-state index in [0.717, 1.165) is 5.69 Å². The molecule has 0 amide bonds. The van der Waals surface area contributed by atoms with Gasteiger partial charge in [0.25, 0.3) is 5.56 Å². The number of anilines is 1. The highest BCUT2D eigenvalue weighted by Gasteiger charge is 2.07. The lowest BCUT2D eigenvalue weighted by Crippen LogP contribution is -2.16. The Bertz CT molecular complexity index is 825. The maximum Gasteiger partial charge on any atom is 0.259 e. The molecular weight excluding hydrogens is 277 g/mol. The molecule has 3 aromatic rings. The predicted molar refractivity (Wildman–Crippen MR) is 77.8 cm³/mol. The van der Waals surface area contributed by atoms with E-state index in [1.165, 1.54) is 23.5 Å². The third-order valence-electron chi connectivity index (χ3n) is 2.96. The molecule has 6 heteroatoms. The Kier molecular flexibility index (Phi) is 3.23. The van der Waals surface area contributed by atoms with E-state index < -0.39 is 0 Å². The Morgan fingerprint density at radius 1 is 1.40 bits per heavy atom. The van der Waals surface area contributed by atoms with Gasteiger partial charge in [0.05, 0.1) is 17.9 Å². The Morgan fingerprint density at radius 2 is 2.20 bits per heavy atom. The summed E-state index contributed by atoms with van der Waals surface area (Å²) in [6.07, 6.45) is 0. The number of aryl methyl sites for hydroxylation is 1. The van der Waals surface area contributed by atoms with E-state index in [-0.39, 0.29) is 11.4 Å². The molecule has 0 saturated heterocycles. The first-order chi connectivity index (χ1) is 9.65. The number of nitrogens with one attached hydrogen (secondary N) is 1. The molecule has 0 radical (unpaired) electrons. The number of benzene rings is 1. The van der Waals surface area contributed by atoms with Crippen LogP contribution >= 0.6 is 11.3 Å². The van der Waals surface area contributed by atoms with Crippen LogP contribution in [0.2, 0.25) is 0 Å². The maximum absolute atomic E-state index is 13.5. The number of nitrogens with zero attached hydrogens (tertiary/aromatic N) is 2. The van der Waals surface area contributed by atoms with Gasteiger partial charge in [0.15, 0.2) is 4.96 Å². The molecule has 20 heavy (non-hydrogen) atoms. The summed E-state index contributed by atoms with van der Waals surface area (Å²) >= 11 is 1.42. The zero-order valence-electron chi connectivity index (χ0n) is 10.8. The molecule has 0 unspecified atom stereocenters. The second-order valence-electron chi connectivity index (χ2n) is 4.41. The van der Waals surface area contributed by atoms with E-state index in [2.05, 4.69) is 10.3 Å². The van der Waals surface area contributed by atoms with Gasteiger partial charge in [0.2, 0.25) is 0 Å². The first-order valence-corrected chi connectivity index (χ1v) is 6.98. The van der Waals surface area contributed by atoms with Gasteiger partial charge in [0, 0.05) is 17.1 Å². The zero-order chi connectivity index (χ0) is 14.1. The molecule has 0 aliphatic heterocycles. The molecule has 0 saturated carbocycles. The van der Waals surface area contributed by atoms with Crippen molar-refractivity contribution in [3.63, 3.8) is 0 Å². The van der Waals surface area contributed by atoms with Crippen molar-refractivity contribution in [3.05, 3.63) is 63.3 Å². The molecular formula is C14H12FN3OS. The average molecular weight is 289 g/mol. The molecule has 0 fully saturated rings. The minimum Gasteiger partial charge on any atom is -0.377 e. The number of aromatic nitrogens is 2. The van der Waals surface area contributed by atoms with Gasteiger partial charge >= 0.3 is 0 Å². The van der Waals surface area contributed by atoms with Crippen molar-refractivity contribution in [3.8, 4) is 0 Å². The van der Waals surface area contributed by atoms with Crippen molar-refractivity contribution in [2.75, 3.05) is 5.32 Å². The third-order valence-corrected chi connectivity index (χ3v) is 3.91. The van der Waals surface area contributed by atoms with E-state index in [9.17, 15) is 9.18 Å². The van der Waals surface area contributed by atoms with E-state index in [4.69, 9.17) is 0 Å². The lowest BCUT2D eigenvalue weighted by molar-refractivity contribution is 0.630. The summed E-state index contributed by atoms with van der Waals surface area (Å²) < 4.78 is 15.0. The van der Waals surface area contributed by atoms with E-state index in [1.807, 2.05) is 12.3 Å². The molecule has 0 bridgehead atoms. The second kappa shape index (κ2) is 5.05. The van der Waals surface area contributed by atoms with Gasteiger partial charge in [-0.3, -0.25) is 9.20 Å². The molecule has 1 aromatic carbocycles. The van der Waals surface area contributed by atoms with Crippen molar-refractivity contribution < 1.29 is 4.39 Å². The predicted octanol–water partition coefficient (Wildman–Crippen LogP) is 2.82. The third kappa shape index (κ3) is 2.30. The summed E-state index contributed by atoms with van der Waals surface area (Å²) in [6.45, 7) is 2.17. The van der Waals surface area contributed by atoms with Crippen molar-refractivity contribution in [1.29, 1.82) is 0 Å². The topological polar surface area (TPSA) is 46.4 Å². The molecule has 0 aliphatic carbocycles. The number of halogens is 1. The van der Waals surface area contributed by atoms with Crippen LogP contribution in [0.3, 0.4) is 0 Å². The van der Waals surface area contributed by atoms with Crippen LogP contribution < -0.4 is 10.9 Å². The van der Waals surface area contributed by atoms with Gasteiger partial charge in [-0.05, 0) is 19.1 Å². The van der Waals surface area contributed by atoms with Crippen LogP contribution in [0.4, 0.5) is 10.1 Å². The first-order valence-electron chi connectivity index (χ1n) is 6.10. The van der Waals surface area contributed by atoms with Crippen molar-refractivity contribution in [2.24, 2.45) is 0 Å². The van der Waals surface area contributed by atoms with Crippen LogP contribution in [0, 0.1) is 12.7 Å². The first kappa shape index (κ1) is 12.8. The molecule has 1 N–H and O–H groups in total. The minimum atomic E-state index is -0.322. The Hall–Kier alpha value is -2.21. The Balaban J connectivity index is 1.89. The number of para-hydroxylation sites is 1. The van der Waals surface area contributed by atoms with E-state index in [1.54, 1.807) is 22.6 Å². The zero-order valence-corrected chi connectivity index (χ0v) is 11.6. The van der Waals surface area contributed by atoms with Crippen LogP contribution in [-0.4, -0.2) is 9.38 Å². The summed E-state index contributed by atoms with van der Waals surface area (Å²) in [6, 6.07) is 7.89. The molecule has 4 nitrogen and oxygen atoms in total. The highest BCUT2D eigenvalue weighted by molar-refractivity contribution is 7.15. The number of rotatable bonds is 3. The van der Waals surface area contributed by atoms with Gasteiger partial charge in [-0.1, -0.05) is 12.1 Å². The lowest BCUT2D eigenvalue weighted by Gasteiger charge is -2.07. The highest BCUT2D eigenvalue weighted by atomic mass is 32.1. The van der Waals surface area contributed by atoms with Crippen LogP contribution in [0.1, 0.15) is 11.4 Å². The fourth-order valence-electron chi connectivity index (χ4n) is 1.98. The number of hydrogen-bond donors (Lipinski definition) is 1. The largest absolute Gasteiger partial charge is 0.377 e. The average Bonchev–Trinajstić information content (AvgIpc) is 2.80. The SMILES string of the molecule is Cc1csc2nc(CNc3ccccc3F)cc(=O)n12. The number of thiazole rings is 1. The van der Waals surface area contributed by atoms with Gasteiger partial charge in [-0.25, -0.2) is 9.37 Å². The summed E-state index contributed by atoms with van der Waals surface area (Å²) in [5, 5.41) is 4.83. The second-order valence-corrected chi connectivity index (χ2v) is 5.25. The molecule has 0 atom stereocenters. The van der Waals surface area contributed by atoms with Gasteiger partial charge < -0.3 is 5.32 Å². The molecule has 0 aliphatic rings. The van der Waals surface area contributed by atoms with Crippen molar-refractivity contribution in [2.45, 2.75) is 13.5 Å². The van der Waals surface area contributed by atoms with Crippen LogP contribution in [0.5, 0.6) is 0 Å². The van der Waals surface area contributed by atoms with Crippen LogP contribution in [0.25, 0.3) is 4.96 Å². The Morgan fingerprint density at radius 3 is 3.00 bits per heavy atom. The molecule has 0 spiro atoms. The van der Waals surface area contributed by atoms with Gasteiger partial charge in [-0.15, -0.1) is 11.3 Å². The van der Waals surface area contributed by atoms with Crippen LogP contribution in [-0.2, 0) is 6.54 Å². The monoisotopic (exact) mass is 289 g/mol.